The lowest BCUT2D eigenvalue weighted by atomic mass is 9.82. The molecule has 1 saturated heterocycles. The molecular formula is C18H21NO3. The summed E-state index contributed by atoms with van der Waals surface area (Å²) >= 11 is 0. The van der Waals surface area contributed by atoms with Gasteiger partial charge in [0, 0.05) is 6.54 Å². The van der Waals surface area contributed by atoms with Crippen molar-refractivity contribution in [2.75, 3.05) is 13.2 Å². The summed E-state index contributed by atoms with van der Waals surface area (Å²) in [5.41, 5.74) is 0.984. The van der Waals surface area contributed by atoms with Crippen LogP contribution in [0.15, 0.2) is 42.5 Å². The Morgan fingerprint density at radius 3 is 2.77 bits per heavy atom. The van der Waals surface area contributed by atoms with Gasteiger partial charge in [0.1, 0.15) is 6.61 Å². The van der Waals surface area contributed by atoms with Crippen molar-refractivity contribution in [2.45, 2.75) is 19.1 Å². The van der Waals surface area contributed by atoms with E-state index in [1.54, 1.807) is 4.90 Å². The van der Waals surface area contributed by atoms with Gasteiger partial charge in [-0.1, -0.05) is 42.5 Å². The number of nitrogens with zero attached hydrogens (tertiary/aromatic N) is 1. The van der Waals surface area contributed by atoms with Gasteiger partial charge in [0.25, 0.3) is 0 Å². The van der Waals surface area contributed by atoms with Gasteiger partial charge in [-0.3, -0.25) is 0 Å². The monoisotopic (exact) mass is 299 g/mol. The lowest BCUT2D eigenvalue weighted by molar-refractivity contribution is 0.0691. The minimum absolute atomic E-state index is 0.0265. The van der Waals surface area contributed by atoms with Crippen LogP contribution in [0.3, 0.4) is 0 Å². The van der Waals surface area contributed by atoms with Crippen LogP contribution in [0.4, 0.5) is 4.79 Å². The summed E-state index contributed by atoms with van der Waals surface area (Å²) in [6.45, 7) is 1.03. The molecule has 22 heavy (non-hydrogen) atoms. The molecule has 1 saturated carbocycles. The molecule has 4 rings (SSSR count). The molecule has 116 valence electrons. The number of amides is 1. The Labute approximate surface area is 130 Å². The molecule has 4 heteroatoms. The SMILES string of the molecule is O=C(OCc1ccccc1)N1C[C@H]2[C@H]([C@@H]3C=C[C@H]2C3)[C@H]1CO. The molecule has 1 N–H and O–H groups in total. The van der Waals surface area contributed by atoms with Crippen molar-refractivity contribution in [1.29, 1.82) is 0 Å². The molecule has 1 aromatic rings. The Balaban J connectivity index is 1.43. The Kier molecular flexibility index (Phi) is 3.41. The van der Waals surface area contributed by atoms with Crippen LogP contribution in [-0.2, 0) is 11.3 Å². The first-order chi connectivity index (χ1) is 10.8. The van der Waals surface area contributed by atoms with E-state index in [1.165, 1.54) is 6.42 Å². The zero-order chi connectivity index (χ0) is 15.1. The van der Waals surface area contributed by atoms with Gasteiger partial charge >= 0.3 is 6.09 Å². The van der Waals surface area contributed by atoms with E-state index in [-0.39, 0.29) is 25.3 Å². The molecule has 1 aromatic carbocycles. The molecule has 1 heterocycles. The molecule has 2 aliphatic carbocycles. The predicted molar refractivity (Wildman–Crippen MR) is 81.9 cm³/mol. The van der Waals surface area contributed by atoms with Gasteiger partial charge in [-0.2, -0.15) is 0 Å². The van der Waals surface area contributed by atoms with E-state index in [2.05, 4.69) is 12.2 Å². The zero-order valence-electron chi connectivity index (χ0n) is 12.5. The number of likely N-dealkylation sites (tertiary alicyclic amines) is 1. The number of carbonyl (C=O) groups excluding carboxylic acids is 1. The maximum Gasteiger partial charge on any atom is 0.410 e. The van der Waals surface area contributed by atoms with E-state index < -0.39 is 0 Å². The van der Waals surface area contributed by atoms with Crippen LogP contribution in [-0.4, -0.2) is 35.3 Å². The first-order valence-corrected chi connectivity index (χ1v) is 8.04. The highest BCUT2D eigenvalue weighted by molar-refractivity contribution is 5.69. The number of rotatable bonds is 3. The van der Waals surface area contributed by atoms with Gasteiger partial charge in [-0.25, -0.2) is 4.79 Å². The van der Waals surface area contributed by atoms with E-state index in [9.17, 15) is 9.90 Å². The Hall–Kier alpha value is -1.81. The fourth-order valence-electron chi connectivity index (χ4n) is 4.59. The summed E-state index contributed by atoms with van der Waals surface area (Å²) in [6.07, 6.45) is 5.46. The fourth-order valence-corrected chi connectivity index (χ4v) is 4.59. The zero-order valence-corrected chi connectivity index (χ0v) is 12.5. The Bertz CT molecular complexity index is 585. The third kappa shape index (κ3) is 2.13. The van der Waals surface area contributed by atoms with Crippen molar-refractivity contribution in [2.24, 2.45) is 23.7 Å². The number of allylic oxidation sites excluding steroid dienone is 2. The third-order valence-electron chi connectivity index (χ3n) is 5.57. The maximum absolute atomic E-state index is 12.4. The largest absolute Gasteiger partial charge is 0.445 e. The summed E-state index contributed by atoms with van der Waals surface area (Å²) in [5.74, 6) is 2.01. The summed E-state index contributed by atoms with van der Waals surface area (Å²) in [5, 5.41) is 9.77. The smallest absolute Gasteiger partial charge is 0.410 e. The highest BCUT2D eigenvalue weighted by Crippen LogP contribution is 2.53. The normalized spacial score (nSPS) is 35.0. The average Bonchev–Trinajstić information content (AvgIpc) is 3.24. The van der Waals surface area contributed by atoms with Crippen molar-refractivity contribution < 1.29 is 14.6 Å². The van der Waals surface area contributed by atoms with Crippen LogP contribution in [0, 0.1) is 23.7 Å². The first kappa shape index (κ1) is 13.8. The topological polar surface area (TPSA) is 49.8 Å². The van der Waals surface area contributed by atoms with Gasteiger partial charge in [0.2, 0.25) is 0 Å². The fraction of sp³-hybridized carbons (Fsp3) is 0.500. The van der Waals surface area contributed by atoms with Crippen LogP contribution < -0.4 is 0 Å². The Morgan fingerprint density at radius 1 is 1.23 bits per heavy atom. The molecule has 1 amide bonds. The lowest BCUT2D eigenvalue weighted by Crippen LogP contribution is -2.41. The first-order valence-electron chi connectivity index (χ1n) is 8.04. The quantitative estimate of drug-likeness (QED) is 0.872. The number of aliphatic hydroxyl groups excluding tert-OH is 1. The van der Waals surface area contributed by atoms with E-state index in [0.717, 1.165) is 12.1 Å². The van der Waals surface area contributed by atoms with Crippen molar-refractivity contribution >= 4 is 6.09 Å². The maximum atomic E-state index is 12.4. The van der Waals surface area contributed by atoms with Crippen LogP contribution in [0.25, 0.3) is 0 Å². The van der Waals surface area contributed by atoms with Crippen molar-refractivity contribution in [1.82, 2.24) is 4.90 Å². The second-order valence-electron chi connectivity index (χ2n) is 6.63. The van der Waals surface area contributed by atoms with Gasteiger partial charge in [-0.05, 0) is 35.7 Å². The standard InChI is InChI=1S/C18H21NO3/c20-10-16-17-14-7-6-13(8-14)15(17)9-19(16)18(21)22-11-12-4-2-1-3-5-12/h1-7,13-17,20H,8-11H2/t13-,14+,15+,16+,17-/m0/s1. The van der Waals surface area contributed by atoms with Crippen LogP contribution in [0.5, 0.6) is 0 Å². The second-order valence-corrected chi connectivity index (χ2v) is 6.63. The molecule has 4 nitrogen and oxygen atoms in total. The molecule has 5 atom stereocenters. The Morgan fingerprint density at radius 2 is 2.00 bits per heavy atom. The van der Waals surface area contributed by atoms with Gasteiger partial charge in [0.15, 0.2) is 0 Å². The highest BCUT2D eigenvalue weighted by atomic mass is 16.6. The number of benzene rings is 1. The average molecular weight is 299 g/mol. The second kappa shape index (κ2) is 5.43. The minimum atomic E-state index is -0.295. The van der Waals surface area contributed by atoms with Crippen molar-refractivity contribution in [3.05, 3.63) is 48.0 Å². The van der Waals surface area contributed by atoms with Crippen molar-refractivity contribution in [3.8, 4) is 0 Å². The van der Waals surface area contributed by atoms with Gasteiger partial charge in [-0.15, -0.1) is 0 Å². The predicted octanol–water partition coefficient (Wildman–Crippen LogP) is 2.44. The van der Waals surface area contributed by atoms with Gasteiger partial charge in [0.05, 0.1) is 12.6 Å². The molecule has 3 aliphatic rings. The lowest BCUT2D eigenvalue weighted by Gasteiger charge is -2.27. The molecule has 0 spiro atoms. The molecule has 2 fully saturated rings. The van der Waals surface area contributed by atoms with Crippen LogP contribution in [0.2, 0.25) is 0 Å². The highest BCUT2D eigenvalue weighted by Gasteiger charge is 2.55. The molecule has 0 radical (unpaired) electrons. The summed E-state index contributed by atoms with van der Waals surface area (Å²) in [7, 11) is 0. The number of carbonyl (C=O) groups is 1. The summed E-state index contributed by atoms with van der Waals surface area (Å²) < 4.78 is 5.46. The molecule has 0 aromatic heterocycles. The molecule has 0 unspecified atom stereocenters. The van der Waals surface area contributed by atoms with Crippen LogP contribution >= 0.6 is 0 Å². The minimum Gasteiger partial charge on any atom is -0.445 e. The number of hydrogen-bond donors (Lipinski definition) is 1. The van der Waals surface area contributed by atoms with E-state index in [1.807, 2.05) is 30.3 Å². The molecule has 1 aliphatic heterocycles. The van der Waals surface area contributed by atoms with E-state index in [4.69, 9.17) is 4.74 Å². The number of aliphatic hydroxyl groups is 1. The molecule has 2 bridgehead atoms. The van der Waals surface area contributed by atoms with E-state index >= 15 is 0 Å². The summed E-state index contributed by atoms with van der Waals surface area (Å²) in [4.78, 5) is 14.2. The van der Waals surface area contributed by atoms with Crippen molar-refractivity contribution in [3.63, 3.8) is 0 Å². The molecular weight excluding hydrogens is 278 g/mol. The van der Waals surface area contributed by atoms with Gasteiger partial charge < -0.3 is 14.7 Å². The summed E-state index contributed by atoms with van der Waals surface area (Å²) in [6, 6.07) is 9.61. The van der Waals surface area contributed by atoms with Crippen LogP contribution in [0.1, 0.15) is 12.0 Å². The number of hydrogen-bond acceptors (Lipinski definition) is 3. The number of ether oxygens (including phenoxy) is 1. The number of fused-ring (bicyclic) bond motifs is 5. The van der Waals surface area contributed by atoms with E-state index in [0.29, 0.717) is 23.7 Å². The third-order valence-corrected chi connectivity index (χ3v) is 5.57.